The molecule has 1 heterocycles. The van der Waals surface area contributed by atoms with Crippen LogP contribution in [0.25, 0.3) is 0 Å². The summed E-state index contributed by atoms with van der Waals surface area (Å²) >= 11 is 3.08. The Kier molecular flexibility index (Phi) is 7.98. The minimum Gasteiger partial charge on any atom is -0.455 e. The zero-order valence-corrected chi connectivity index (χ0v) is 17.5. The normalized spacial score (nSPS) is 29.8. The molecule has 0 aliphatic carbocycles. The Morgan fingerprint density at radius 3 is 1.85 bits per heavy atom. The summed E-state index contributed by atoms with van der Waals surface area (Å²) in [5, 5.41) is -1.05. The minimum absolute atomic E-state index is 0.619. The molecule has 1 rings (SSSR count). The fourth-order valence-electron chi connectivity index (χ4n) is 2.15. The van der Waals surface area contributed by atoms with E-state index < -0.39 is 68.2 Å². The van der Waals surface area contributed by atoms with E-state index in [1.807, 2.05) is 0 Å². The van der Waals surface area contributed by atoms with Gasteiger partial charge in [0.05, 0.1) is 19.1 Å². The molecule has 26 heavy (non-hydrogen) atoms. The Morgan fingerprint density at radius 2 is 1.42 bits per heavy atom. The summed E-state index contributed by atoms with van der Waals surface area (Å²) in [5.41, 5.74) is 0. The average Bonchev–Trinajstić information content (AvgIpc) is 2.41. The standard InChI is InChI=1S/C12H19BrO11S2/c1-6(14)21-10-9(24-26(4,18)19)8(5-20-25(3,16)17)23-12(13)11(10)22-7(2)15/h8-12H,5H2,1-4H3/t8-,9-,10+,11-,12+/m1/s1. The third-order valence-corrected chi connectivity index (χ3v) is 4.79. The molecular formula is C12H19BrO11S2. The van der Waals surface area contributed by atoms with E-state index in [1.54, 1.807) is 0 Å². The second kappa shape index (κ2) is 8.93. The lowest BCUT2D eigenvalue weighted by atomic mass is 10.00. The number of carbonyl (C=O) groups excluding carboxylic acids is 2. The van der Waals surface area contributed by atoms with Crippen LogP contribution in [0.3, 0.4) is 0 Å². The van der Waals surface area contributed by atoms with Gasteiger partial charge in [0.25, 0.3) is 20.2 Å². The van der Waals surface area contributed by atoms with E-state index in [0.717, 1.165) is 26.4 Å². The van der Waals surface area contributed by atoms with Crippen molar-refractivity contribution >= 4 is 48.1 Å². The van der Waals surface area contributed by atoms with Gasteiger partial charge in [-0.3, -0.25) is 18.0 Å². The topological polar surface area (TPSA) is 149 Å². The Hall–Kier alpha value is -0.800. The van der Waals surface area contributed by atoms with Gasteiger partial charge >= 0.3 is 11.9 Å². The second-order valence-electron chi connectivity index (χ2n) is 5.43. The highest BCUT2D eigenvalue weighted by Crippen LogP contribution is 2.32. The van der Waals surface area contributed by atoms with Crippen molar-refractivity contribution in [3.63, 3.8) is 0 Å². The number of halogens is 1. The quantitative estimate of drug-likeness (QED) is 0.257. The lowest BCUT2D eigenvalue weighted by molar-refractivity contribution is -0.220. The Labute approximate surface area is 159 Å². The first-order valence-corrected chi connectivity index (χ1v) is 11.6. The Bertz CT molecular complexity index is 732. The SMILES string of the molecule is CC(=O)O[C@@H]1[C@@H](OC(C)=O)[C@@H](Br)O[C@H](COS(C)(=O)=O)[C@H]1OS(C)(=O)=O. The van der Waals surface area contributed by atoms with E-state index in [4.69, 9.17) is 18.4 Å². The lowest BCUT2D eigenvalue weighted by Gasteiger charge is -2.42. The smallest absolute Gasteiger partial charge is 0.303 e. The zero-order valence-electron chi connectivity index (χ0n) is 14.3. The Balaban J connectivity index is 3.25. The van der Waals surface area contributed by atoms with Gasteiger partial charge in [0, 0.05) is 13.8 Å². The maximum absolute atomic E-state index is 11.6. The first-order valence-electron chi connectivity index (χ1n) is 7.06. The van der Waals surface area contributed by atoms with Crippen LogP contribution < -0.4 is 0 Å². The van der Waals surface area contributed by atoms with Crippen molar-refractivity contribution < 1.29 is 49.0 Å². The molecule has 0 aromatic heterocycles. The fraction of sp³-hybridized carbons (Fsp3) is 0.833. The largest absolute Gasteiger partial charge is 0.455 e. The lowest BCUT2D eigenvalue weighted by Crippen LogP contribution is -2.60. The average molecular weight is 483 g/mol. The summed E-state index contributed by atoms with van der Waals surface area (Å²) in [6.07, 6.45) is -3.92. The van der Waals surface area contributed by atoms with E-state index >= 15 is 0 Å². The van der Waals surface area contributed by atoms with Crippen LogP contribution in [0.1, 0.15) is 13.8 Å². The zero-order chi connectivity index (χ0) is 20.3. The van der Waals surface area contributed by atoms with Gasteiger partial charge < -0.3 is 14.2 Å². The molecule has 5 atom stereocenters. The van der Waals surface area contributed by atoms with Crippen molar-refractivity contribution in [2.75, 3.05) is 19.1 Å². The summed E-state index contributed by atoms with van der Waals surface area (Å²) in [5.74, 6) is -1.55. The number of hydrogen-bond acceptors (Lipinski definition) is 11. The molecule has 0 aromatic rings. The van der Waals surface area contributed by atoms with Crippen molar-refractivity contribution in [3.05, 3.63) is 0 Å². The van der Waals surface area contributed by atoms with E-state index in [1.165, 1.54) is 0 Å². The van der Waals surface area contributed by atoms with E-state index in [0.29, 0.717) is 0 Å². The van der Waals surface area contributed by atoms with Crippen LogP contribution in [0.2, 0.25) is 0 Å². The third kappa shape index (κ3) is 7.84. The third-order valence-electron chi connectivity index (χ3n) is 2.91. The molecule has 0 amide bonds. The maximum atomic E-state index is 11.6. The molecule has 11 nitrogen and oxygen atoms in total. The monoisotopic (exact) mass is 482 g/mol. The number of hydrogen-bond donors (Lipinski definition) is 0. The van der Waals surface area contributed by atoms with E-state index in [9.17, 15) is 26.4 Å². The highest BCUT2D eigenvalue weighted by Gasteiger charge is 2.51. The number of ether oxygens (including phenoxy) is 3. The molecule has 1 saturated heterocycles. The first-order chi connectivity index (χ1) is 11.7. The maximum Gasteiger partial charge on any atom is 0.303 e. The molecule has 1 aliphatic rings. The van der Waals surface area contributed by atoms with Crippen LogP contribution in [-0.2, 0) is 52.4 Å². The minimum atomic E-state index is -4.08. The molecule has 0 aromatic carbocycles. The van der Waals surface area contributed by atoms with Gasteiger partial charge in [-0.15, -0.1) is 0 Å². The van der Waals surface area contributed by atoms with Crippen LogP contribution in [-0.4, -0.2) is 77.3 Å². The van der Waals surface area contributed by atoms with E-state index in [2.05, 4.69) is 20.1 Å². The molecule has 1 fully saturated rings. The summed E-state index contributed by atoms with van der Waals surface area (Å²) < 4.78 is 70.7. The molecule has 0 radical (unpaired) electrons. The van der Waals surface area contributed by atoms with Crippen molar-refractivity contribution in [2.45, 2.75) is 43.3 Å². The predicted octanol–water partition coefficient (Wildman–Crippen LogP) is -0.709. The fourth-order valence-corrected chi connectivity index (χ4v) is 3.86. The van der Waals surface area contributed by atoms with Gasteiger partial charge in [-0.05, 0) is 0 Å². The van der Waals surface area contributed by atoms with Gasteiger partial charge in [-0.1, -0.05) is 15.9 Å². The van der Waals surface area contributed by atoms with Crippen molar-refractivity contribution in [1.82, 2.24) is 0 Å². The molecule has 0 unspecified atom stereocenters. The molecule has 0 N–H and O–H groups in total. The molecule has 1 aliphatic heterocycles. The van der Waals surface area contributed by atoms with Crippen LogP contribution >= 0.6 is 15.9 Å². The van der Waals surface area contributed by atoms with Gasteiger partial charge in [-0.2, -0.15) is 16.8 Å². The molecule has 0 spiro atoms. The predicted molar refractivity (Wildman–Crippen MR) is 89.2 cm³/mol. The van der Waals surface area contributed by atoms with Crippen LogP contribution in [0.5, 0.6) is 0 Å². The summed E-state index contributed by atoms with van der Waals surface area (Å²) in [7, 11) is -7.96. The number of carbonyl (C=O) groups is 2. The molecule has 0 bridgehead atoms. The first kappa shape index (κ1) is 23.2. The molecule has 152 valence electrons. The van der Waals surface area contributed by atoms with Crippen molar-refractivity contribution in [2.24, 2.45) is 0 Å². The summed E-state index contributed by atoms with van der Waals surface area (Å²) in [6.45, 7) is 1.53. The van der Waals surface area contributed by atoms with Gasteiger partial charge in [-0.25, -0.2) is 0 Å². The highest BCUT2D eigenvalue weighted by atomic mass is 79.9. The number of alkyl halides is 1. The molecular weight excluding hydrogens is 464 g/mol. The number of rotatable bonds is 7. The Morgan fingerprint density at radius 1 is 0.923 bits per heavy atom. The van der Waals surface area contributed by atoms with Crippen LogP contribution in [0.4, 0.5) is 0 Å². The van der Waals surface area contributed by atoms with Crippen LogP contribution in [0, 0.1) is 0 Å². The summed E-state index contributed by atoms with van der Waals surface area (Å²) in [6, 6.07) is 0. The van der Waals surface area contributed by atoms with Gasteiger partial charge in [0.15, 0.2) is 17.2 Å². The van der Waals surface area contributed by atoms with Crippen molar-refractivity contribution in [3.8, 4) is 0 Å². The van der Waals surface area contributed by atoms with E-state index in [-0.39, 0.29) is 0 Å². The highest BCUT2D eigenvalue weighted by molar-refractivity contribution is 9.09. The van der Waals surface area contributed by atoms with Gasteiger partial charge in [0.1, 0.15) is 12.2 Å². The number of esters is 2. The molecule has 14 heteroatoms. The molecule has 0 saturated carbocycles. The van der Waals surface area contributed by atoms with Crippen molar-refractivity contribution in [1.29, 1.82) is 0 Å². The van der Waals surface area contributed by atoms with Crippen LogP contribution in [0.15, 0.2) is 0 Å². The second-order valence-corrected chi connectivity index (χ2v) is 9.57. The summed E-state index contributed by atoms with van der Waals surface area (Å²) in [4.78, 5) is 22.8. The van der Waals surface area contributed by atoms with Gasteiger partial charge in [0.2, 0.25) is 0 Å².